The number of thiazole rings is 1. The summed E-state index contributed by atoms with van der Waals surface area (Å²) >= 11 is 3.29. The number of benzene rings is 1. The molecule has 3 aromatic rings. The highest BCUT2D eigenvalue weighted by molar-refractivity contribution is 7.17. The maximum absolute atomic E-state index is 5.82. The molecule has 0 aliphatic rings. The number of aromatic nitrogens is 1. The number of nitrogens with zero attached hydrogens (tertiary/aromatic N) is 2. The molecule has 0 spiro atoms. The summed E-state index contributed by atoms with van der Waals surface area (Å²) in [6, 6.07) is 9.93. The summed E-state index contributed by atoms with van der Waals surface area (Å²) in [7, 11) is 1.65. The zero-order valence-corrected chi connectivity index (χ0v) is 18.0. The summed E-state index contributed by atoms with van der Waals surface area (Å²) in [5.74, 6) is 1.48. The third-order valence-electron chi connectivity index (χ3n) is 4.12. The molecule has 0 bridgehead atoms. The van der Waals surface area contributed by atoms with Crippen molar-refractivity contribution >= 4 is 34.0 Å². The number of rotatable bonds is 10. The van der Waals surface area contributed by atoms with Gasteiger partial charge in [0.15, 0.2) is 11.5 Å². The smallest absolute Gasteiger partial charge is 0.204 e. The minimum Gasteiger partial charge on any atom is -0.493 e. The quantitative estimate of drug-likeness (QED) is 0.243. The van der Waals surface area contributed by atoms with Crippen LogP contribution in [0.5, 0.6) is 11.5 Å². The van der Waals surface area contributed by atoms with Gasteiger partial charge in [-0.1, -0.05) is 25.8 Å². The average Bonchev–Trinajstić information content (AvgIpc) is 3.35. The summed E-state index contributed by atoms with van der Waals surface area (Å²) in [5.41, 5.74) is 4.97. The van der Waals surface area contributed by atoms with Crippen LogP contribution < -0.4 is 14.9 Å². The number of anilines is 1. The fraction of sp³-hybridized carbons (Fsp3) is 0.333. The Morgan fingerprint density at radius 2 is 2.11 bits per heavy atom. The van der Waals surface area contributed by atoms with Gasteiger partial charge >= 0.3 is 0 Å². The van der Waals surface area contributed by atoms with E-state index in [1.807, 2.05) is 24.3 Å². The zero-order valence-electron chi connectivity index (χ0n) is 16.4. The maximum atomic E-state index is 5.82. The van der Waals surface area contributed by atoms with E-state index in [0.717, 1.165) is 28.6 Å². The number of unbranched alkanes of at least 4 members (excludes halogenated alkanes) is 2. The summed E-state index contributed by atoms with van der Waals surface area (Å²) < 4.78 is 11.3. The Morgan fingerprint density at radius 1 is 1.21 bits per heavy atom. The van der Waals surface area contributed by atoms with Gasteiger partial charge in [-0.15, -0.1) is 22.7 Å². The number of hydrogen-bond acceptors (Lipinski definition) is 7. The monoisotopic (exact) mass is 415 g/mol. The lowest BCUT2D eigenvalue weighted by Gasteiger charge is -2.11. The Hall–Kier alpha value is -2.38. The SMILES string of the molecule is CCCCCOc1ccc(/C=N\Nc2nc(-c3cccs3)c(C)s2)cc1OC. The van der Waals surface area contributed by atoms with Gasteiger partial charge < -0.3 is 9.47 Å². The van der Waals surface area contributed by atoms with E-state index in [0.29, 0.717) is 12.4 Å². The van der Waals surface area contributed by atoms with Gasteiger partial charge in [0.05, 0.1) is 30.5 Å². The van der Waals surface area contributed by atoms with Gasteiger partial charge in [0.2, 0.25) is 5.13 Å². The van der Waals surface area contributed by atoms with Crippen LogP contribution in [0.25, 0.3) is 10.6 Å². The van der Waals surface area contributed by atoms with Gasteiger partial charge in [-0.3, -0.25) is 5.43 Å². The van der Waals surface area contributed by atoms with Crippen LogP contribution >= 0.6 is 22.7 Å². The lowest BCUT2D eigenvalue weighted by atomic mass is 10.2. The van der Waals surface area contributed by atoms with Crippen molar-refractivity contribution in [2.45, 2.75) is 33.1 Å². The molecule has 2 heterocycles. The first-order valence-electron chi connectivity index (χ1n) is 9.32. The van der Waals surface area contributed by atoms with E-state index >= 15 is 0 Å². The second kappa shape index (κ2) is 10.2. The van der Waals surface area contributed by atoms with E-state index < -0.39 is 0 Å². The molecule has 3 rings (SSSR count). The summed E-state index contributed by atoms with van der Waals surface area (Å²) in [6.07, 6.45) is 5.15. The minimum absolute atomic E-state index is 0.704. The second-order valence-electron chi connectivity index (χ2n) is 6.24. The number of thiophene rings is 1. The van der Waals surface area contributed by atoms with Crippen molar-refractivity contribution in [3.63, 3.8) is 0 Å². The Balaban J connectivity index is 1.62. The largest absolute Gasteiger partial charge is 0.493 e. The third-order valence-corrected chi connectivity index (χ3v) is 5.87. The molecule has 0 unspecified atom stereocenters. The van der Waals surface area contributed by atoms with Crippen molar-refractivity contribution < 1.29 is 9.47 Å². The maximum Gasteiger partial charge on any atom is 0.204 e. The Labute approximate surface area is 174 Å². The van der Waals surface area contributed by atoms with Crippen LogP contribution in [0.15, 0.2) is 40.8 Å². The number of ether oxygens (including phenoxy) is 2. The molecule has 0 saturated carbocycles. The van der Waals surface area contributed by atoms with E-state index in [1.54, 1.807) is 36.0 Å². The first-order chi connectivity index (χ1) is 13.7. The molecule has 1 N–H and O–H groups in total. The molecule has 5 nitrogen and oxygen atoms in total. The molecular formula is C21H25N3O2S2. The highest BCUT2D eigenvalue weighted by atomic mass is 32.1. The first kappa shape index (κ1) is 20.4. The predicted octanol–water partition coefficient (Wildman–Crippen LogP) is 6.20. The van der Waals surface area contributed by atoms with Crippen LogP contribution in [0.4, 0.5) is 5.13 Å². The van der Waals surface area contributed by atoms with Crippen molar-refractivity contribution in [2.24, 2.45) is 5.10 Å². The number of methoxy groups -OCH3 is 1. The predicted molar refractivity (Wildman–Crippen MR) is 119 cm³/mol. The highest BCUT2D eigenvalue weighted by Crippen LogP contribution is 2.33. The van der Waals surface area contributed by atoms with Gasteiger partial charge in [-0.2, -0.15) is 5.10 Å². The van der Waals surface area contributed by atoms with Crippen LogP contribution in [0.3, 0.4) is 0 Å². The van der Waals surface area contributed by atoms with E-state index in [9.17, 15) is 0 Å². The molecule has 7 heteroatoms. The molecule has 0 aliphatic heterocycles. The molecule has 0 fully saturated rings. The lowest BCUT2D eigenvalue weighted by molar-refractivity contribution is 0.286. The van der Waals surface area contributed by atoms with Crippen molar-refractivity contribution in [2.75, 3.05) is 19.1 Å². The fourth-order valence-electron chi connectivity index (χ4n) is 2.67. The average molecular weight is 416 g/mol. The minimum atomic E-state index is 0.704. The van der Waals surface area contributed by atoms with Gasteiger partial charge in [0.25, 0.3) is 0 Å². The molecule has 2 aromatic heterocycles. The Bertz CT molecular complexity index is 905. The number of hydrogen-bond donors (Lipinski definition) is 1. The summed E-state index contributed by atoms with van der Waals surface area (Å²) in [6.45, 7) is 4.96. The van der Waals surface area contributed by atoms with Gasteiger partial charge in [0, 0.05) is 4.88 Å². The number of hydrazone groups is 1. The summed E-state index contributed by atoms with van der Waals surface area (Å²) in [5, 5.41) is 7.16. The highest BCUT2D eigenvalue weighted by Gasteiger charge is 2.10. The number of aryl methyl sites for hydroxylation is 1. The standard InChI is InChI=1S/C21H25N3O2S2/c1-4-5-6-11-26-17-10-9-16(13-18(17)25-3)14-22-24-21-23-20(15(2)28-21)19-8-7-12-27-19/h7-10,12-14H,4-6,11H2,1-3H3,(H,23,24)/b22-14-. The molecular weight excluding hydrogens is 390 g/mol. The third kappa shape index (κ3) is 5.33. The van der Waals surface area contributed by atoms with Gasteiger partial charge in [0.1, 0.15) is 0 Å². The van der Waals surface area contributed by atoms with Crippen LogP contribution in [0, 0.1) is 6.92 Å². The van der Waals surface area contributed by atoms with E-state index in [4.69, 9.17) is 9.47 Å². The Morgan fingerprint density at radius 3 is 2.86 bits per heavy atom. The molecule has 0 saturated heterocycles. The summed E-state index contributed by atoms with van der Waals surface area (Å²) in [4.78, 5) is 6.98. The lowest BCUT2D eigenvalue weighted by Crippen LogP contribution is -2.00. The van der Waals surface area contributed by atoms with Gasteiger partial charge in [-0.05, 0) is 48.6 Å². The Kier molecular flexibility index (Phi) is 7.45. The van der Waals surface area contributed by atoms with E-state index in [2.05, 4.69) is 40.8 Å². The van der Waals surface area contributed by atoms with Crippen LogP contribution in [-0.2, 0) is 0 Å². The van der Waals surface area contributed by atoms with Crippen LogP contribution in [-0.4, -0.2) is 24.9 Å². The van der Waals surface area contributed by atoms with Crippen molar-refractivity contribution in [3.05, 3.63) is 46.2 Å². The normalized spacial score (nSPS) is 11.1. The van der Waals surface area contributed by atoms with Crippen molar-refractivity contribution in [1.82, 2.24) is 4.98 Å². The second-order valence-corrected chi connectivity index (χ2v) is 8.39. The van der Waals surface area contributed by atoms with Gasteiger partial charge in [-0.25, -0.2) is 4.98 Å². The molecule has 0 aliphatic carbocycles. The zero-order chi connectivity index (χ0) is 19.8. The van der Waals surface area contributed by atoms with Crippen LogP contribution in [0.2, 0.25) is 0 Å². The van der Waals surface area contributed by atoms with Crippen LogP contribution in [0.1, 0.15) is 36.6 Å². The van der Waals surface area contributed by atoms with Crippen molar-refractivity contribution in [1.29, 1.82) is 0 Å². The molecule has 0 radical (unpaired) electrons. The molecule has 1 aromatic carbocycles. The molecule has 0 amide bonds. The molecule has 148 valence electrons. The number of nitrogens with one attached hydrogen (secondary N) is 1. The molecule has 0 atom stereocenters. The molecule has 28 heavy (non-hydrogen) atoms. The fourth-order valence-corrected chi connectivity index (χ4v) is 4.28. The van der Waals surface area contributed by atoms with E-state index in [1.165, 1.54) is 22.6 Å². The van der Waals surface area contributed by atoms with Crippen molar-refractivity contribution in [3.8, 4) is 22.1 Å². The van der Waals surface area contributed by atoms with E-state index in [-0.39, 0.29) is 0 Å². The first-order valence-corrected chi connectivity index (χ1v) is 11.0. The topological polar surface area (TPSA) is 55.7 Å².